The first-order valence-electron chi connectivity index (χ1n) is 10.7. The first-order valence-corrected chi connectivity index (χ1v) is 13.6. The van der Waals surface area contributed by atoms with Crippen molar-refractivity contribution in [1.82, 2.24) is 0 Å². The molecule has 0 aromatic carbocycles. The topological polar surface area (TPSA) is 46.5 Å². The van der Waals surface area contributed by atoms with Gasteiger partial charge in [-0.2, -0.15) is 0 Å². The van der Waals surface area contributed by atoms with E-state index in [0.717, 1.165) is 19.3 Å². The Morgan fingerprint density at radius 3 is 2.35 bits per heavy atom. The van der Waals surface area contributed by atoms with Crippen LogP contribution in [0.1, 0.15) is 73.1 Å². The van der Waals surface area contributed by atoms with Gasteiger partial charge in [-0.05, 0) is 73.4 Å². The maximum absolute atomic E-state index is 12.6. The SMILES string of the molecule is CC(C)(C)[Si](C)(C)O[C@@H]1CCC2C3CCC(=O)[C@@](C)(CO)C3CC[C@]21C. The van der Waals surface area contributed by atoms with Gasteiger partial charge in [0, 0.05) is 6.42 Å². The Morgan fingerprint density at radius 2 is 1.77 bits per heavy atom. The molecule has 150 valence electrons. The molecule has 3 saturated carbocycles. The van der Waals surface area contributed by atoms with E-state index in [1.54, 1.807) is 0 Å². The molecule has 3 aliphatic carbocycles. The number of hydrogen-bond acceptors (Lipinski definition) is 3. The molecule has 3 aliphatic rings. The zero-order chi connectivity index (χ0) is 19.5. The number of aliphatic hydroxyl groups is 1. The molecule has 6 atom stereocenters. The number of hydrogen-bond donors (Lipinski definition) is 1. The van der Waals surface area contributed by atoms with Gasteiger partial charge >= 0.3 is 0 Å². The molecule has 3 nitrogen and oxygen atoms in total. The maximum atomic E-state index is 12.6. The smallest absolute Gasteiger partial charge is 0.192 e. The number of aliphatic hydroxyl groups excluding tert-OH is 1. The van der Waals surface area contributed by atoms with Gasteiger partial charge in [0.1, 0.15) is 5.78 Å². The molecule has 0 spiro atoms. The predicted octanol–water partition coefficient (Wildman–Crippen LogP) is 5.18. The Morgan fingerprint density at radius 1 is 1.12 bits per heavy atom. The van der Waals surface area contributed by atoms with Crippen LogP contribution in [-0.2, 0) is 9.22 Å². The van der Waals surface area contributed by atoms with Crippen LogP contribution in [0.25, 0.3) is 0 Å². The van der Waals surface area contributed by atoms with Crippen LogP contribution in [0.5, 0.6) is 0 Å². The highest BCUT2D eigenvalue weighted by Gasteiger charge is 2.60. The van der Waals surface area contributed by atoms with E-state index in [1.165, 1.54) is 12.8 Å². The molecule has 26 heavy (non-hydrogen) atoms. The van der Waals surface area contributed by atoms with E-state index in [4.69, 9.17) is 4.43 Å². The summed E-state index contributed by atoms with van der Waals surface area (Å²) in [5, 5.41) is 10.3. The molecule has 3 rings (SSSR count). The molecule has 0 radical (unpaired) electrons. The summed E-state index contributed by atoms with van der Waals surface area (Å²) in [6.07, 6.45) is 6.64. The van der Waals surface area contributed by atoms with Crippen LogP contribution in [0.4, 0.5) is 0 Å². The van der Waals surface area contributed by atoms with Crippen molar-refractivity contribution < 1.29 is 14.3 Å². The lowest BCUT2D eigenvalue weighted by Crippen LogP contribution is -2.55. The van der Waals surface area contributed by atoms with Crippen molar-refractivity contribution in [2.24, 2.45) is 28.6 Å². The summed E-state index contributed by atoms with van der Waals surface area (Å²) in [5.41, 5.74) is -0.268. The standard InChI is InChI=1S/C22H40O3Si/c1-20(2,3)26(6,7)25-19-11-9-16-15-8-10-18(24)22(5,14-23)17(15)12-13-21(16,19)4/h15-17,19,23H,8-14H2,1-7H3/t15?,16?,17?,19-,21-,22+/m1/s1. The summed E-state index contributed by atoms with van der Waals surface area (Å²) in [6, 6.07) is 0. The van der Waals surface area contributed by atoms with Crippen LogP contribution < -0.4 is 0 Å². The predicted molar refractivity (Wildman–Crippen MR) is 109 cm³/mol. The fourth-order valence-corrected chi connectivity index (χ4v) is 7.61. The fraction of sp³-hybridized carbons (Fsp3) is 0.955. The highest BCUT2D eigenvalue weighted by Crippen LogP contribution is 2.63. The quantitative estimate of drug-likeness (QED) is 0.686. The third-order valence-electron chi connectivity index (χ3n) is 9.08. The second-order valence-corrected chi connectivity index (χ2v) is 16.2. The van der Waals surface area contributed by atoms with E-state index in [1.807, 2.05) is 6.92 Å². The lowest BCUT2D eigenvalue weighted by Gasteiger charge is -2.56. The van der Waals surface area contributed by atoms with Crippen LogP contribution in [0, 0.1) is 28.6 Å². The second kappa shape index (κ2) is 6.42. The molecule has 0 aromatic rings. The molecule has 0 aromatic heterocycles. The molecule has 3 unspecified atom stereocenters. The monoisotopic (exact) mass is 380 g/mol. The van der Waals surface area contributed by atoms with Crippen molar-refractivity contribution >= 4 is 14.1 Å². The Balaban J connectivity index is 1.83. The van der Waals surface area contributed by atoms with Crippen LogP contribution in [0.15, 0.2) is 0 Å². The van der Waals surface area contributed by atoms with E-state index >= 15 is 0 Å². The molecule has 0 aliphatic heterocycles. The molecule has 0 bridgehead atoms. The van der Waals surface area contributed by atoms with Crippen LogP contribution in [-0.4, -0.2) is 31.9 Å². The molecule has 4 heteroatoms. The molecule has 1 N–H and O–H groups in total. The van der Waals surface area contributed by atoms with Crippen molar-refractivity contribution in [1.29, 1.82) is 0 Å². The molecule has 0 amide bonds. The minimum absolute atomic E-state index is 0.0142. The Bertz CT molecular complexity index is 566. The minimum Gasteiger partial charge on any atom is -0.413 e. The van der Waals surface area contributed by atoms with Gasteiger partial charge in [-0.15, -0.1) is 0 Å². The summed E-state index contributed by atoms with van der Waals surface area (Å²) >= 11 is 0. The van der Waals surface area contributed by atoms with Gasteiger partial charge in [-0.3, -0.25) is 4.79 Å². The van der Waals surface area contributed by atoms with Gasteiger partial charge in [-0.25, -0.2) is 0 Å². The zero-order valence-electron chi connectivity index (χ0n) is 18.0. The largest absolute Gasteiger partial charge is 0.413 e. The Hall–Kier alpha value is -0.193. The first kappa shape index (κ1) is 20.5. The van der Waals surface area contributed by atoms with Gasteiger partial charge in [0.2, 0.25) is 0 Å². The first-order chi connectivity index (χ1) is 11.9. The molecule has 3 fully saturated rings. The third-order valence-corrected chi connectivity index (χ3v) is 13.6. The molecule has 0 heterocycles. The highest BCUT2D eigenvalue weighted by atomic mass is 28.4. The highest BCUT2D eigenvalue weighted by molar-refractivity contribution is 6.74. The number of carbonyl (C=O) groups excluding carboxylic acids is 1. The average molecular weight is 381 g/mol. The summed E-state index contributed by atoms with van der Waals surface area (Å²) < 4.78 is 6.94. The number of Topliss-reactive ketones (excluding diaryl/α,β-unsaturated/α-hetero) is 1. The molecule has 0 saturated heterocycles. The third kappa shape index (κ3) is 2.95. The zero-order valence-corrected chi connectivity index (χ0v) is 19.0. The van der Waals surface area contributed by atoms with Crippen LogP contribution in [0.2, 0.25) is 18.1 Å². The van der Waals surface area contributed by atoms with Crippen molar-refractivity contribution in [2.45, 2.75) is 97.4 Å². The van der Waals surface area contributed by atoms with Crippen molar-refractivity contribution in [3.8, 4) is 0 Å². The molecular weight excluding hydrogens is 340 g/mol. The van der Waals surface area contributed by atoms with Crippen LogP contribution in [0.3, 0.4) is 0 Å². The van der Waals surface area contributed by atoms with Gasteiger partial charge in [0.25, 0.3) is 0 Å². The van der Waals surface area contributed by atoms with Gasteiger partial charge in [0.05, 0.1) is 18.1 Å². The Labute approximate surface area is 161 Å². The van der Waals surface area contributed by atoms with E-state index in [9.17, 15) is 9.90 Å². The summed E-state index contributed by atoms with van der Waals surface area (Å²) in [5.74, 6) is 1.88. The van der Waals surface area contributed by atoms with Crippen molar-refractivity contribution in [3.05, 3.63) is 0 Å². The van der Waals surface area contributed by atoms with Gasteiger partial charge in [-0.1, -0.05) is 34.6 Å². The lowest BCUT2D eigenvalue weighted by molar-refractivity contribution is -0.150. The Kier molecular flexibility index (Phi) is 5.07. The summed E-state index contributed by atoms with van der Waals surface area (Å²) in [4.78, 5) is 12.6. The molecular formula is C22H40O3Si. The van der Waals surface area contributed by atoms with E-state index in [2.05, 4.69) is 40.8 Å². The van der Waals surface area contributed by atoms with Crippen LogP contribution >= 0.6 is 0 Å². The number of carbonyl (C=O) groups is 1. The summed E-state index contributed by atoms with van der Waals surface area (Å²) in [7, 11) is -1.78. The minimum atomic E-state index is -1.78. The average Bonchev–Trinajstić information content (AvgIpc) is 2.86. The normalized spacial score (nSPS) is 43.9. The second-order valence-electron chi connectivity index (χ2n) is 11.4. The lowest BCUT2D eigenvalue weighted by atomic mass is 9.50. The van der Waals surface area contributed by atoms with E-state index in [0.29, 0.717) is 30.3 Å². The van der Waals surface area contributed by atoms with Crippen molar-refractivity contribution in [2.75, 3.05) is 6.61 Å². The van der Waals surface area contributed by atoms with E-state index < -0.39 is 13.7 Å². The number of rotatable bonds is 3. The number of ketones is 1. The van der Waals surface area contributed by atoms with E-state index in [-0.39, 0.29) is 22.8 Å². The van der Waals surface area contributed by atoms with Crippen molar-refractivity contribution in [3.63, 3.8) is 0 Å². The fourth-order valence-electron chi connectivity index (χ4n) is 6.15. The number of fused-ring (bicyclic) bond motifs is 3. The maximum Gasteiger partial charge on any atom is 0.192 e. The summed E-state index contributed by atoms with van der Waals surface area (Å²) in [6.45, 7) is 16.2. The van der Waals surface area contributed by atoms with Gasteiger partial charge < -0.3 is 9.53 Å². The van der Waals surface area contributed by atoms with Gasteiger partial charge in [0.15, 0.2) is 8.32 Å².